The van der Waals surface area contributed by atoms with E-state index < -0.39 is 46.3 Å². The first-order valence-corrected chi connectivity index (χ1v) is 13.9. The Bertz CT molecular complexity index is 1550. The SMILES string of the molecule is O=C1CN(S(=O)(=O)c2ccc3cc(Cl)ccc3c2)CC2(C(=O)O)OC3(CCN(c4ccncn4)CC3)CN12. The first kappa shape index (κ1) is 25.0. The number of ether oxygens (including phenoxy) is 1. The second-order valence-corrected chi connectivity index (χ2v) is 12.2. The van der Waals surface area contributed by atoms with Gasteiger partial charge < -0.3 is 14.7 Å². The number of aromatic nitrogens is 2. The van der Waals surface area contributed by atoms with Gasteiger partial charge in [0, 0.05) is 24.3 Å². The quantitative estimate of drug-likeness (QED) is 0.511. The molecule has 11 nitrogen and oxygen atoms in total. The van der Waals surface area contributed by atoms with E-state index in [-0.39, 0.29) is 11.4 Å². The van der Waals surface area contributed by atoms with E-state index in [1.165, 1.54) is 23.4 Å². The van der Waals surface area contributed by atoms with E-state index >= 15 is 0 Å². The van der Waals surface area contributed by atoms with Crippen LogP contribution in [-0.2, 0) is 24.3 Å². The van der Waals surface area contributed by atoms with Crippen LogP contribution in [0.5, 0.6) is 0 Å². The number of carbonyl (C=O) groups is 2. The molecule has 3 aliphatic rings. The third kappa shape index (κ3) is 3.99. The van der Waals surface area contributed by atoms with Crippen molar-refractivity contribution in [1.29, 1.82) is 0 Å². The topological polar surface area (TPSA) is 133 Å². The summed E-state index contributed by atoms with van der Waals surface area (Å²) < 4.78 is 34.4. The fourth-order valence-corrected chi connectivity index (χ4v) is 7.19. The molecule has 3 fully saturated rings. The Kier molecular flexibility index (Phi) is 5.83. The van der Waals surface area contributed by atoms with Gasteiger partial charge in [0.25, 0.3) is 5.72 Å². The monoisotopic (exact) mass is 557 g/mol. The number of carboxylic acid groups (broad SMARTS) is 1. The van der Waals surface area contributed by atoms with Gasteiger partial charge in [-0.3, -0.25) is 9.69 Å². The molecule has 1 atom stereocenters. The van der Waals surface area contributed by atoms with Crippen molar-refractivity contribution in [3.8, 4) is 0 Å². The summed E-state index contributed by atoms with van der Waals surface area (Å²) in [6.07, 6.45) is 4.02. The molecule has 3 aliphatic heterocycles. The maximum Gasteiger partial charge on any atom is 0.359 e. The zero-order valence-electron chi connectivity index (χ0n) is 20.2. The Morgan fingerprint density at radius 1 is 1.05 bits per heavy atom. The normalized spacial score (nSPS) is 23.7. The molecule has 1 spiro atoms. The molecule has 0 saturated carbocycles. The predicted octanol–water partition coefficient (Wildman–Crippen LogP) is 1.97. The van der Waals surface area contributed by atoms with E-state index in [1.807, 2.05) is 4.90 Å². The van der Waals surface area contributed by atoms with Crippen molar-refractivity contribution < 1.29 is 27.9 Å². The Morgan fingerprint density at radius 2 is 1.79 bits per heavy atom. The van der Waals surface area contributed by atoms with E-state index in [9.17, 15) is 23.1 Å². The average molecular weight is 558 g/mol. The highest BCUT2D eigenvalue weighted by Crippen LogP contribution is 2.44. The van der Waals surface area contributed by atoms with Gasteiger partial charge in [-0.1, -0.05) is 23.7 Å². The van der Waals surface area contributed by atoms with Gasteiger partial charge in [-0.2, -0.15) is 4.31 Å². The van der Waals surface area contributed by atoms with Crippen LogP contribution < -0.4 is 4.90 Å². The summed E-state index contributed by atoms with van der Waals surface area (Å²) in [6, 6.07) is 11.4. The molecule has 4 heterocycles. The number of amides is 1. The molecule has 13 heteroatoms. The minimum Gasteiger partial charge on any atom is -0.478 e. The number of hydrogen-bond donors (Lipinski definition) is 1. The lowest BCUT2D eigenvalue weighted by Crippen LogP contribution is -2.67. The maximum atomic E-state index is 13.6. The van der Waals surface area contributed by atoms with Crippen molar-refractivity contribution >= 4 is 50.1 Å². The zero-order valence-corrected chi connectivity index (χ0v) is 21.7. The van der Waals surface area contributed by atoms with Crippen molar-refractivity contribution in [2.75, 3.05) is 37.6 Å². The molecule has 1 N–H and O–H groups in total. The van der Waals surface area contributed by atoms with E-state index in [2.05, 4.69) is 9.97 Å². The van der Waals surface area contributed by atoms with Crippen LogP contribution >= 0.6 is 11.6 Å². The predicted molar refractivity (Wildman–Crippen MR) is 137 cm³/mol. The minimum atomic E-state index is -4.21. The number of piperidine rings is 1. The van der Waals surface area contributed by atoms with Gasteiger partial charge in [0.05, 0.1) is 30.1 Å². The lowest BCUT2D eigenvalue weighted by atomic mass is 9.91. The average Bonchev–Trinajstić information content (AvgIpc) is 3.25. The summed E-state index contributed by atoms with van der Waals surface area (Å²) in [5, 5.41) is 12.2. The molecule has 3 saturated heterocycles. The number of piperazine rings is 1. The van der Waals surface area contributed by atoms with Crippen LogP contribution in [0.3, 0.4) is 0 Å². The summed E-state index contributed by atoms with van der Waals surface area (Å²) in [4.78, 5) is 37.3. The number of anilines is 1. The molecule has 0 bridgehead atoms. The summed E-state index contributed by atoms with van der Waals surface area (Å²) in [6.45, 7) is 0.186. The zero-order chi connectivity index (χ0) is 26.7. The summed E-state index contributed by atoms with van der Waals surface area (Å²) in [7, 11) is -4.21. The Labute approximate surface area is 223 Å². The number of nitrogens with zero attached hydrogens (tertiary/aromatic N) is 5. The number of rotatable bonds is 4. The molecule has 1 amide bonds. The highest BCUT2D eigenvalue weighted by molar-refractivity contribution is 7.89. The van der Waals surface area contributed by atoms with E-state index in [0.29, 0.717) is 36.3 Å². The van der Waals surface area contributed by atoms with Crippen LogP contribution in [0.15, 0.2) is 59.9 Å². The van der Waals surface area contributed by atoms with Gasteiger partial charge in [-0.25, -0.2) is 23.2 Å². The first-order valence-electron chi connectivity index (χ1n) is 12.1. The van der Waals surface area contributed by atoms with Gasteiger partial charge in [0.2, 0.25) is 15.9 Å². The molecule has 0 radical (unpaired) electrons. The molecule has 2 aromatic carbocycles. The standard InChI is InChI=1S/C25H24ClN5O6S/c26-19-3-1-18-12-20(4-2-17(18)11-19)38(35,36)30-13-22(32)31-14-24(37-25(31,15-30)23(33)34)6-9-29(10-7-24)21-5-8-27-16-28-21/h1-5,8,11-12,16H,6-7,9-10,13-15H2,(H,33,34). The molecule has 198 valence electrons. The van der Waals surface area contributed by atoms with Crippen molar-refractivity contribution in [2.24, 2.45) is 0 Å². The lowest BCUT2D eigenvalue weighted by Gasteiger charge is -2.42. The smallest absolute Gasteiger partial charge is 0.359 e. The Morgan fingerprint density at radius 3 is 2.50 bits per heavy atom. The highest BCUT2D eigenvalue weighted by Gasteiger charge is 2.65. The minimum absolute atomic E-state index is 0.0417. The number of halogens is 1. The van der Waals surface area contributed by atoms with Gasteiger partial charge >= 0.3 is 5.97 Å². The Balaban J connectivity index is 1.28. The number of carbonyl (C=O) groups excluding carboxylic acids is 1. The van der Waals surface area contributed by atoms with Gasteiger partial charge in [-0.05, 0) is 53.9 Å². The molecule has 38 heavy (non-hydrogen) atoms. The van der Waals surface area contributed by atoms with E-state index in [4.69, 9.17) is 16.3 Å². The Hall–Kier alpha value is -3.32. The second kappa shape index (κ2) is 8.87. The number of sulfonamides is 1. The van der Waals surface area contributed by atoms with Crippen molar-refractivity contribution in [3.05, 3.63) is 60.0 Å². The number of aliphatic carboxylic acids is 1. The molecular weight excluding hydrogens is 534 g/mol. The van der Waals surface area contributed by atoms with Crippen molar-refractivity contribution in [2.45, 2.75) is 29.1 Å². The van der Waals surface area contributed by atoms with E-state index in [1.54, 1.807) is 36.5 Å². The van der Waals surface area contributed by atoms with Crippen LogP contribution in [0, 0.1) is 0 Å². The molecule has 0 aliphatic carbocycles. The number of benzene rings is 2. The third-order valence-electron chi connectivity index (χ3n) is 7.58. The molecule has 3 aromatic rings. The van der Waals surface area contributed by atoms with Crippen molar-refractivity contribution in [3.63, 3.8) is 0 Å². The summed E-state index contributed by atoms with van der Waals surface area (Å²) >= 11 is 6.04. The van der Waals surface area contributed by atoms with Crippen molar-refractivity contribution in [1.82, 2.24) is 19.2 Å². The first-order chi connectivity index (χ1) is 18.1. The second-order valence-electron chi connectivity index (χ2n) is 9.84. The van der Waals surface area contributed by atoms with Gasteiger partial charge in [0.15, 0.2) is 0 Å². The molecule has 1 unspecified atom stereocenters. The largest absolute Gasteiger partial charge is 0.478 e. The van der Waals surface area contributed by atoms with Gasteiger partial charge in [-0.15, -0.1) is 0 Å². The summed E-state index contributed by atoms with van der Waals surface area (Å²) in [5.74, 6) is -1.25. The van der Waals surface area contributed by atoms with E-state index in [0.717, 1.165) is 15.5 Å². The van der Waals surface area contributed by atoms with Crippen LogP contribution in [0.1, 0.15) is 12.8 Å². The molecule has 1 aromatic heterocycles. The lowest BCUT2D eigenvalue weighted by molar-refractivity contribution is -0.202. The number of fused-ring (bicyclic) bond motifs is 2. The molecule has 6 rings (SSSR count). The third-order valence-corrected chi connectivity index (χ3v) is 9.60. The van der Waals surface area contributed by atoms with Crippen LogP contribution in [0.4, 0.5) is 5.82 Å². The van der Waals surface area contributed by atoms with Gasteiger partial charge in [0.1, 0.15) is 12.1 Å². The highest BCUT2D eigenvalue weighted by atomic mass is 35.5. The number of carboxylic acids is 1. The fourth-order valence-electron chi connectivity index (χ4n) is 5.57. The maximum absolute atomic E-state index is 13.6. The van der Waals surface area contributed by atoms with Crippen LogP contribution in [0.25, 0.3) is 10.8 Å². The molecular formula is C25H24ClN5O6S. The fraction of sp³-hybridized carbons (Fsp3) is 0.360. The van der Waals surface area contributed by atoms with Crippen LogP contribution in [0.2, 0.25) is 5.02 Å². The van der Waals surface area contributed by atoms with Crippen LogP contribution in [-0.4, -0.2) is 88.6 Å². The summed E-state index contributed by atoms with van der Waals surface area (Å²) in [5.41, 5.74) is -3.01. The number of hydrogen-bond acceptors (Lipinski definition) is 8.